The van der Waals surface area contributed by atoms with Crippen molar-refractivity contribution < 1.29 is 4.39 Å². The van der Waals surface area contributed by atoms with Crippen molar-refractivity contribution in [1.82, 2.24) is 0 Å². The topological polar surface area (TPSA) is 0 Å². The molecule has 0 radical (unpaired) electrons. The number of hydrogen-bond acceptors (Lipinski definition) is 0. The second-order valence-corrected chi connectivity index (χ2v) is 3.48. The number of benzene rings is 1. The Morgan fingerprint density at radius 1 is 1.42 bits per heavy atom. The fourth-order valence-corrected chi connectivity index (χ4v) is 1.42. The zero-order valence-electron chi connectivity index (χ0n) is 6.23. The van der Waals surface area contributed by atoms with Crippen molar-refractivity contribution in [3.05, 3.63) is 40.1 Å². The molecule has 0 aliphatic heterocycles. The summed E-state index contributed by atoms with van der Waals surface area (Å²) in [4.78, 5) is 0. The lowest BCUT2D eigenvalue weighted by Gasteiger charge is -1.95. The molecule has 0 heterocycles. The first-order chi connectivity index (χ1) is 5.72. The van der Waals surface area contributed by atoms with Crippen LogP contribution < -0.4 is 0 Å². The van der Waals surface area contributed by atoms with E-state index in [9.17, 15) is 4.39 Å². The number of rotatable bonds is 2. The molecule has 1 rings (SSSR count). The maximum Gasteiger partial charge on any atom is 0.124 e. The third kappa shape index (κ3) is 2.95. The lowest BCUT2D eigenvalue weighted by atomic mass is 10.2. The summed E-state index contributed by atoms with van der Waals surface area (Å²) in [5.74, 6) is 0.187. The second kappa shape index (κ2) is 4.63. The summed E-state index contributed by atoms with van der Waals surface area (Å²) in [5.41, 5.74) is 0.808. The van der Waals surface area contributed by atoms with E-state index in [1.807, 2.05) is 6.07 Å². The highest BCUT2D eigenvalue weighted by molar-refractivity contribution is 9.10. The summed E-state index contributed by atoms with van der Waals surface area (Å²) in [6, 6.07) is 4.69. The van der Waals surface area contributed by atoms with Gasteiger partial charge in [-0.15, -0.1) is 11.6 Å². The summed E-state index contributed by atoms with van der Waals surface area (Å²) in [6.45, 7) is 0. The van der Waals surface area contributed by atoms with Crippen LogP contribution in [0.5, 0.6) is 0 Å². The summed E-state index contributed by atoms with van der Waals surface area (Å²) < 4.78 is 13.5. The maximum absolute atomic E-state index is 12.8. The van der Waals surface area contributed by atoms with E-state index in [1.165, 1.54) is 12.1 Å². The maximum atomic E-state index is 12.8. The molecule has 12 heavy (non-hydrogen) atoms. The Balaban J connectivity index is 2.93. The Morgan fingerprint density at radius 2 is 2.17 bits per heavy atom. The smallest absolute Gasteiger partial charge is 0.124 e. The molecule has 3 heteroatoms. The highest BCUT2D eigenvalue weighted by Crippen LogP contribution is 2.15. The molecular formula is C9H7BrClF. The molecule has 0 nitrogen and oxygen atoms in total. The molecule has 0 N–H and O–H groups in total. The minimum Gasteiger partial charge on any atom is -0.207 e. The van der Waals surface area contributed by atoms with E-state index in [4.69, 9.17) is 11.6 Å². The third-order valence-corrected chi connectivity index (χ3v) is 1.92. The quantitative estimate of drug-likeness (QED) is 0.699. The van der Waals surface area contributed by atoms with Gasteiger partial charge in [0.05, 0.1) is 0 Å². The molecule has 0 saturated carbocycles. The lowest BCUT2D eigenvalue weighted by Crippen LogP contribution is -1.77. The molecule has 0 aliphatic rings. The molecule has 0 spiro atoms. The van der Waals surface area contributed by atoms with Crippen LogP contribution in [0, 0.1) is 5.82 Å². The van der Waals surface area contributed by atoms with Gasteiger partial charge in [-0.3, -0.25) is 0 Å². The van der Waals surface area contributed by atoms with E-state index >= 15 is 0 Å². The van der Waals surface area contributed by atoms with Crippen LogP contribution in [0.15, 0.2) is 28.7 Å². The van der Waals surface area contributed by atoms with Crippen LogP contribution in [0.4, 0.5) is 4.39 Å². The van der Waals surface area contributed by atoms with E-state index in [-0.39, 0.29) is 5.82 Å². The predicted molar refractivity (Wildman–Crippen MR) is 53.9 cm³/mol. The van der Waals surface area contributed by atoms with Crippen LogP contribution >= 0.6 is 27.5 Å². The SMILES string of the molecule is Fc1cc(Br)cc(/C=C/CCl)c1. The fraction of sp³-hybridized carbons (Fsp3) is 0.111. The molecule has 0 aromatic heterocycles. The molecule has 0 saturated heterocycles. The minimum absolute atomic E-state index is 0.251. The van der Waals surface area contributed by atoms with E-state index in [2.05, 4.69) is 15.9 Å². The zero-order valence-corrected chi connectivity index (χ0v) is 8.57. The van der Waals surface area contributed by atoms with E-state index in [0.717, 1.165) is 10.0 Å². The van der Waals surface area contributed by atoms with E-state index in [1.54, 1.807) is 12.2 Å². The summed E-state index contributed by atoms with van der Waals surface area (Å²) >= 11 is 8.64. The molecule has 0 unspecified atom stereocenters. The van der Waals surface area contributed by atoms with Crippen molar-refractivity contribution >= 4 is 33.6 Å². The normalized spacial score (nSPS) is 10.9. The Kier molecular flexibility index (Phi) is 3.76. The van der Waals surface area contributed by atoms with Gasteiger partial charge in [-0.2, -0.15) is 0 Å². The Morgan fingerprint density at radius 3 is 2.75 bits per heavy atom. The lowest BCUT2D eigenvalue weighted by molar-refractivity contribution is 0.626. The number of hydrogen-bond donors (Lipinski definition) is 0. The van der Waals surface area contributed by atoms with Crippen LogP contribution in [-0.4, -0.2) is 5.88 Å². The molecule has 0 aliphatic carbocycles. The van der Waals surface area contributed by atoms with Crippen molar-refractivity contribution in [3.8, 4) is 0 Å². The van der Waals surface area contributed by atoms with Gasteiger partial charge in [-0.05, 0) is 23.8 Å². The van der Waals surface area contributed by atoms with Gasteiger partial charge >= 0.3 is 0 Å². The largest absolute Gasteiger partial charge is 0.207 e. The number of allylic oxidation sites excluding steroid dienone is 1. The predicted octanol–water partition coefficient (Wildman–Crippen LogP) is 3.84. The van der Waals surface area contributed by atoms with Crippen LogP contribution in [0.3, 0.4) is 0 Å². The Labute approximate surface area is 84.2 Å². The van der Waals surface area contributed by atoms with Crippen molar-refractivity contribution in [2.45, 2.75) is 0 Å². The van der Waals surface area contributed by atoms with Crippen molar-refractivity contribution in [1.29, 1.82) is 0 Å². The summed E-state index contributed by atoms with van der Waals surface area (Å²) in [7, 11) is 0. The molecule has 0 amide bonds. The first kappa shape index (κ1) is 9.75. The molecule has 0 atom stereocenters. The molecule has 1 aromatic rings. The summed E-state index contributed by atoms with van der Waals surface area (Å²) in [6.07, 6.45) is 3.55. The highest BCUT2D eigenvalue weighted by Gasteiger charge is 1.94. The highest BCUT2D eigenvalue weighted by atomic mass is 79.9. The average molecular weight is 250 g/mol. The van der Waals surface area contributed by atoms with Gasteiger partial charge in [0.2, 0.25) is 0 Å². The molecular weight excluding hydrogens is 242 g/mol. The fourth-order valence-electron chi connectivity index (χ4n) is 0.852. The number of alkyl halides is 1. The minimum atomic E-state index is -0.251. The standard InChI is InChI=1S/C9H7BrClF/c10-8-4-7(2-1-3-11)5-9(12)6-8/h1-2,4-6H,3H2/b2-1+. The van der Waals surface area contributed by atoms with Gasteiger partial charge in [-0.25, -0.2) is 4.39 Å². The zero-order chi connectivity index (χ0) is 8.97. The van der Waals surface area contributed by atoms with E-state index in [0.29, 0.717) is 5.88 Å². The summed E-state index contributed by atoms with van der Waals surface area (Å²) in [5, 5.41) is 0. The third-order valence-electron chi connectivity index (χ3n) is 1.28. The molecule has 64 valence electrons. The first-order valence-electron chi connectivity index (χ1n) is 3.41. The van der Waals surface area contributed by atoms with Crippen molar-refractivity contribution in [2.24, 2.45) is 0 Å². The average Bonchev–Trinajstić information content (AvgIpc) is 1.99. The van der Waals surface area contributed by atoms with E-state index < -0.39 is 0 Å². The van der Waals surface area contributed by atoms with Crippen molar-refractivity contribution in [3.63, 3.8) is 0 Å². The molecule has 0 fully saturated rings. The van der Waals surface area contributed by atoms with Crippen molar-refractivity contribution in [2.75, 3.05) is 5.88 Å². The molecule has 1 aromatic carbocycles. The van der Waals surface area contributed by atoms with Crippen LogP contribution in [0.1, 0.15) is 5.56 Å². The monoisotopic (exact) mass is 248 g/mol. The van der Waals surface area contributed by atoms with Gasteiger partial charge in [-0.1, -0.05) is 28.1 Å². The molecule has 0 bridgehead atoms. The van der Waals surface area contributed by atoms with Gasteiger partial charge in [0, 0.05) is 10.4 Å². The van der Waals surface area contributed by atoms with Gasteiger partial charge < -0.3 is 0 Å². The Hall–Kier alpha value is -0.340. The second-order valence-electron chi connectivity index (χ2n) is 2.26. The van der Waals surface area contributed by atoms with Crippen LogP contribution in [-0.2, 0) is 0 Å². The van der Waals surface area contributed by atoms with Gasteiger partial charge in [0.15, 0.2) is 0 Å². The number of halogens is 3. The Bertz CT molecular complexity index is 276. The van der Waals surface area contributed by atoms with Gasteiger partial charge in [0.1, 0.15) is 5.82 Å². The van der Waals surface area contributed by atoms with Crippen LogP contribution in [0.25, 0.3) is 6.08 Å². The van der Waals surface area contributed by atoms with Gasteiger partial charge in [0.25, 0.3) is 0 Å². The first-order valence-corrected chi connectivity index (χ1v) is 4.74. The van der Waals surface area contributed by atoms with Crippen LogP contribution in [0.2, 0.25) is 0 Å².